The Kier molecular flexibility index (Phi) is 6.68. The van der Waals surface area contributed by atoms with Gasteiger partial charge in [-0.25, -0.2) is 0 Å². The van der Waals surface area contributed by atoms with Crippen molar-refractivity contribution >= 4 is 0 Å². The number of benzene rings is 1. The van der Waals surface area contributed by atoms with Gasteiger partial charge in [0.1, 0.15) is 23.7 Å². The van der Waals surface area contributed by atoms with Gasteiger partial charge in [0.05, 0.1) is 13.2 Å². The van der Waals surface area contributed by atoms with E-state index in [0.717, 1.165) is 24.2 Å². The Hall–Kier alpha value is -1.78. The SMILES string of the molecule is COc1ccc(OC[C@@]2(O)C=C[C@@H](O)[C@@H]2/C(C)=C/CCC(C)C)cc1. The fraction of sp³-hybridized carbons (Fsp3) is 0.524. The number of rotatable bonds is 8. The molecule has 0 saturated heterocycles. The van der Waals surface area contributed by atoms with E-state index in [4.69, 9.17) is 9.47 Å². The Labute approximate surface area is 150 Å². The van der Waals surface area contributed by atoms with Crippen LogP contribution in [-0.4, -0.2) is 35.6 Å². The molecule has 0 fully saturated rings. The third-order valence-corrected chi connectivity index (χ3v) is 4.69. The average Bonchev–Trinajstić information content (AvgIpc) is 2.88. The summed E-state index contributed by atoms with van der Waals surface area (Å²) < 4.78 is 10.9. The maximum Gasteiger partial charge on any atom is 0.126 e. The molecular weight excluding hydrogens is 316 g/mol. The van der Waals surface area contributed by atoms with Gasteiger partial charge in [0, 0.05) is 5.92 Å². The van der Waals surface area contributed by atoms with Gasteiger partial charge in [-0.2, -0.15) is 0 Å². The summed E-state index contributed by atoms with van der Waals surface area (Å²) in [6.07, 6.45) is 6.78. The highest BCUT2D eigenvalue weighted by molar-refractivity contribution is 5.32. The van der Waals surface area contributed by atoms with Crippen molar-refractivity contribution in [3.63, 3.8) is 0 Å². The molecule has 2 rings (SSSR count). The van der Waals surface area contributed by atoms with Crippen LogP contribution < -0.4 is 9.47 Å². The average molecular weight is 346 g/mol. The van der Waals surface area contributed by atoms with Crippen molar-refractivity contribution < 1.29 is 19.7 Å². The van der Waals surface area contributed by atoms with Crippen molar-refractivity contribution in [1.29, 1.82) is 0 Å². The zero-order valence-electron chi connectivity index (χ0n) is 15.6. The summed E-state index contributed by atoms with van der Waals surface area (Å²) in [6, 6.07) is 7.23. The molecule has 4 nitrogen and oxygen atoms in total. The van der Waals surface area contributed by atoms with E-state index in [1.54, 1.807) is 31.4 Å². The van der Waals surface area contributed by atoms with Gasteiger partial charge >= 0.3 is 0 Å². The second kappa shape index (κ2) is 8.54. The number of hydrogen-bond acceptors (Lipinski definition) is 4. The Bertz CT molecular complexity index is 603. The minimum absolute atomic E-state index is 0.0902. The molecule has 0 radical (unpaired) electrons. The van der Waals surface area contributed by atoms with Crippen molar-refractivity contribution in [2.75, 3.05) is 13.7 Å². The molecule has 2 N–H and O–H groups in total. The van der Waals surface area contributed by atoms with Gasteiger partial charge < -0.3 is 19.7 Å². The molecule has 25 heavy (non-hydrogen) atoms. The molecular formula is C21H30O4. The molecule has 3 atom stereocenters. The minimum atomic E-state index is -1.21. The lowest BCUT2D eigenvalue weighted by molar-refractivity contribution is -0.0214. The first kappa shape index (κ1) is 19.5. The van der Waals surface area contributed by atoms with Gasteiger partial charge in [-0.1, -0.05) is 37.6 Å². The highest BCUT2D eigenvalue weighted by Crippen LogP contribution is 2.36. The van der Waals surface area contributed by atoms with Crippen LogP contribution >= 0.6 is 0 Å². The zero-order chi connectivity index (χ0) is 18.4. The lowest BCUT2D eigenvalue weighted by Crippen LogP contribution is -2.43. The molecule has 0 bridgehead atoms. The van der Waals surface area contributed by atoms with Crippen molar-refractivity contribution in [2.24, 2.45) is 11.8 Å². The fourth-order valence-corrected chi connectivity index (χ4v) is 3.22. The molecule has 0 spiro atoms. The van der Waals surface area contributed by atoms with Crippen LogP contribution in [0.4, 0.5) is 0 Å². The van der Waals surface area contributed by atoms with E-state index in [0.29, 0.717) is 11.7 Å². The number of aliphatic hydroxyl groups is 2. The van der Waals surface area contributed by atoms with Crippen LogP contribution in [0, 0.1) is 11.8 Å². The molecule has 0 aliphatic heterocycles. The van der Waals surface area contributed by atoms with Gasteiger partial charge in [0.25, 0.3) is 0 Å². The molecule has 138 valence electrons. The minimum Gasteiger partial charge on any atom is -0.497 e. The molecule has 4 heteroatoms. The van der Waals surface area contributed by atoms with E-state index < -0.39 is 11.7 Å². The maximum absolute atomic E-state index is 11.0. The van der Waals surface area contributed by atoms with Crippen molar-refractivity contribution in [3.05, 3.63) is 48.1 Å². The molecule has 0 unspecified atom stereocenters. The lowest BCUT2D eigenvalue weighted by Gasteiger charge is -2.32. The van der Waals surface area contributed by atoms with Crippen molar-refractivity contribution in [3.8, 4) is 11.5 Å². The fourth-order valence-electron chi connectivity index (χ4n) is 3.22. The number of methoxy groups -OCH3 is 1. The van der Waals surface area contributed by atoms with Gasteiger partial charge in [0.15, 0.2) is 0 Å². The van der Waals surface area contributed by atoms with Gasteiger partial charge in [-0.05, 0) is 49.9 Å². The van der Waals surface area contributed by atoms with E-state index in [-0.39, 0.29) is 12.5 Å². The number of ether oxygens (including phenoxy) is 2. The highest BCUT2D eigenvalue weighted by atomic mass is 16.5. The Balaban J connectivity index is 2.04. The van der Waals surface area contributed by atoms with Crippen LogP contribution in [0.15, 0.2) is 48.1 Å². The summed E-state index contributed by atoms with van der Waals surface area (Å²) >= 11 is 0. The first-order valence-electron chi connectivity index (χ1n) is 8.89. The monoisotopic (exact) mass is 346 g/mol. The van der Waals surface area contributed by atoms with E-state index in [1.807, 2.05) is 19.1 Å². The predicted octanol–water partition coefficient (Wildman–Crippen LogP) is 3.73. The maximum atomic E-state index is 11.0. The molecule has 1 aromatic carbocycles. The van der Waals surface area contributed by atoms with E-state index in [9.17, 15) is 10.2 Å². The van der Waals surface area contributed by atoms with Gasteiger partial charge in [0.2, 0.25) is 0 Å². The normalized spacial score (nSPS) is 26.3. The van der Waals surface area contributed by atoms with Crippen molar-refractivity contribution in [1.82, 2.24) is 0 Å². The van der Waals surface area contributed by atoms with Crippen LogP contribution in [0.5, 0.6) is 11.5 Å². The summed E-state index contributed by atoms with van der Waals surface area (Å²) in [6.45, 7) is 6.44. The standard InChI is InChI=1S/C21H30O4/c1-15(2)6-5-7-16(3)20-19(22)12-13-21(20,23)14-25-18-10-8-17(24-4)9-11-18/h7-13,15,19-20,22-23H,5-6,14H2,1-4H3/b16-7+/t19-,20+,21+/m1/s1. The first-order valence-corrected chi connectivity index (χ1v) is 8.89. The topological polar surface area (TPSA) is 58.9 Å². The lowest BCUT2D eigenvalue weighted by atomic mass is 9.83. The summed E-state index contributed by atoms with van der Waals surface area (Å²) in [5.41, 5.74) is -0.212. The van der Waals surface area contributed by atoms with Gasteiger partial charge in [-0.15, -0.1) is 0 Å². The van der Waals surface area contributed by atoms with E-state index in [2.05, 4.69) is 19.9 Å². The molecule has 0 saturated carbocycles. The summed E-state index contributed by atoms with van der Waals surface area (Å²) in [7, 11) is 1.61. The molecule has 1 aliphatic carbocycles. The Morgan fingerprint density at radius 2 is 1.88 bits per heavy atom. The van der Waals surface area contributed by atoms with Crippen LogP contribution in [0.3, 0.4) is 0 Å². The third kappa shape index (κ3) is 5.10. The van der Waals surface area contributed by atoms with Crippen LogP contribution in [0.2, 0.25) is 0 Å². The first-order chi connectivity index (χ1) is 11.9. The quantitative estimate of drug-likeness (QED) is 0.704. The highest BCUT2D eigenvalue weighted by Gasteiger charge is 2.44. The second-order valence-corrected chi connectivity index (χ2v) is 7.20. The largest absolute Gasteiger partial charge is 0.497 e. The predicted molar refractivity (Wildman–Crippen MR) is 99.9 cm³/mol. The second-order valence-electron chi connectivity index (χ2n) is 7.20. The molecule has 0 heterocycles. The summed E-state index contributed by atoms with van der Waals surface area (Å²) in [5, 5.41) is 21.3. The molecule has 1 aliphatic rings. The van der Waals surface area contributed by atoms with Crippen LogP contribution in [-0.2, 0) is 0 Å². The van der Waals surface area contributed by atoms with E-state index in [1.165, 1.54) is 0 Å². The van der Waals surface area contributed by atoms with Crippen LogP contribution in [0.1, 0.15) is 33.6 Å². The summed E-state index contributed by atoms with van der Waals surface area (Å²) in [5.74, 6) is 1.67. The smallest absolute Gasteiger partial charge is 0.126 e. The third-order valence-electron chi connectivity index (χ3n) is 4.69. The van der Waals surface area contributed by atoms with Crippen LogP contribution in [0.25, 0.3) is 0 Å². The molecule has 0 aromatic heterocycles. The molecule has 0 amide bonds. The Morgan fingerprint density at radius 3 is 2.48 bits per heavy atom. The van der Waals surface area contributed by atoms with E-state index >= 15 is 0 Å². The number of hydrogen-bond donors (Lipinski definition) is 2. The number of allylic oxidation sites excluding steroid dienone is 1. The van der Waals surface area contributed by atoms with Gasteiger partial charge in [-0.3, -0.25) is 0 Å². The van der Waals surface area contributed by atoms with Crippen molar-refractivity contribution in [2.45, 2.75) is 45.3 Å². The summed E-state index contributed by atoms with van der Waals surface area (Å²) in [4.78, 5) is 0. The number of aliphatic hydroxyl groups excluding tert-OH is 1. The molecule has 1 aromatic rings. The Morgan fingerprint density at radius 1 is 1.24 bits per heavy atom. The zero-order valence-corrected chi connectivity index (χ0v) is 15.6.